The van der Waals surface area contributed by atoms with E-state index in [9.17, 15) is 9.59 Å². The van der Waals surface area contributed by atoms with Crippen LogP contribution in [0.2, 0.25) is 0 Å². The number of nitrogens with zero attached hydrogens (tertiary/aromatic N) is 3. The lowest BCUT2D eigenvalue weighted by Gasteiger charge is -2.22. The van der Waals surface area contributed by atoms with Crippen LogP contribution < -0.4 is 11.1 Å². The van der Waals surface area contributed by atoms with Gasteiger partial charge in [-0.05, 0) is 34.6 Å². The van der Waals surface area contributed by atoms with Crippen LogP contribution in [0.3, 0.4) is 0 Å². The summed E-state index contributed by atoms with van der Waals surface area (Å²) < 4.78 is 6.60. The van der Waals surface area contributed by atoms with Crippen molar-refractivity contribution in [2.24, 2.45) is 5.73 Å². The number of carbonyl (C=O) groups is 2. The molecule has 0 radical (unpaired) electrons. The molecular formula is C12H21N5O3. The molecule has 0 spiro atoms. The molecule has 0 bridgehead atoms. The number of hydrogen-bond acceptors (Lipinski definition) is 5. The molecule has 0 aliphatic heterocycles. The summed E-state index contributed by atoms with van der Waals surface area (Å²) in [4.78, 5) is 23.1. The van der Waals surface area contributed by atoms with Gasteiger partial charge in [-0.25, -0.2) is 9.48 Å². The van der Waals surface area contributed by atoms with Crippen molar-refractivity contribution in [3.8, 4) is 0 Å². The molecule has 1 atom stereocenters. The van der Waals surface area contributed by atoms with Gasteiger partial charge in [0.25, 0.3) is 0 Å². The quantitative estimate of drug-likeness (QED) is 0.823. The maximum absolute atomic E-state index is 11.7. The topological polar surface area (TPSA) is 112 Å². The van der Waals surface area contributed by atoms with Crippen LogP contribution in [0, 0.1) is 13.8 Å². The van der Waals surface area contributed by atoms with E-state index in [1.165, 1.54) is 4.68 Å². The second kappa shape index (κ2) is 5.89. The zero-order valence-electron chi connectivity index (χ0n) is 12.4. The minimum absolute atomic E-state index is 0.112. The van der Waals surface area contributed by atoms with Crippen LogP contribution in [0.1, 0.15) is 32.2 Å². The van der Waals surface area contributed by atoms with Crippen LogP contribution in [0.4, 0.5) is 4.79 Å². The fraction of sp³-hybridized carbons (Fsp3) is 0.667. The van der Waals surface area contributed by atoms with E-state index < -0.39 is 23.6 Å². The maximum atomic E-state index is 11.7. The lowest BCUT2D eigenvalue weighted by Crippen LogP contribution is -2.48. The normalized spacial score (nSPS) is 12.8. The molecule has 20 heavy (non-hydrogen) atoms. The van der Waals surface area contributed by atoms with Crippen molar-refractivity contribution < 1.29 is 14.3 Å². The number of nitrogens with one attached hydrogen (secondary N) is 1. The molecule has 0 saturated carbocycles. The highest BCUT2D eigenvalue weighted by Gasteiger charge is 2.24. The van der Waals surface area contributed by atoms with Crippen LogP contribution in [-0.4, -0.2) is 38.6 Å². The fourth-order valence-electron chi connectivity index (χ4n) is 1.45. The first-order chi connectivity index (χ1) is 9.10. The number of rotatable bonds is 4. The van der Waals surface area contributed by atoms with Crippen LogP contribution >= 0.6 is 0 Å². The first kappa shape index (κ1) is 15.9. The van der Waals surface area contributed by atoms with Gasteiger partial charge < -0.3 is 15.8 Å². The molecule has 1 rings (SSSR count). The van der Waals surface area contributed by atoms with Crippen molar-refractivity contribution in [2.45, 2.75) is 52.8 Å². The third kappa shape index (κ3) is 4.52. The SMILES string of the molecule is Cc1nnn(C[C@H](NC(=O)OC(C)(C)C)C(N)=O)c1C. The van der Waals surface area contributed by atoms with Gasteiger partial charge in [-0.2, -0.15) is 0 Å². The second-order valence-electron chi connectivity index (χ2n) is 5.54. The number of aromatic nitrogens is 3. The standard InChI is InChI=1S/C12H21N5O3/c1-7-8(2)17(16-15-7)6-9(10(13)18)14-11(19)20-12(3,4)5/h9H,6H2,1-5H3,(H2,13,18)(H,14,19)/t9-/m0/s1. The summed E-state index contributed by atoms with van der Waals surface area (Å²) >= 11 is 0. The van der Waals surface area contributed by atoms with Gasteiger partial charge in [0.2, 0.25) is 5.91 Å². The van der Waals surface area contributed by atoms with Gasteiger partial charge in [0.1, 0.15) is 11.6 Å². The Morgan fingerprint density at radius 2 is 2.00 bits per heavy atom. The Balaban J connectivity index is 2.73. The number of carbonyl (C=O) groups excluding carboxylic acids is 2. The summed E-state index contributed by atoms with van der Waals surface area (Å²) in [5.41, 5.74) is 6.20. The van der Waals surface area contributed by atoms with Gasteiger partial charge in [0.05, 0.1) is 17.9 Å². The molecule has 1 heterocycles. The van der Waals surface area contributed by atoms with Gasteiger partial charge in [-0.3, -0.25) is 4.79 Å². The van der Waals surface area contributed by atoms with E-state index in [1.54, 1.807) is 27.7 Å². The van der Waals surface area contributed by atoms with Gasteiger partial charge >= 0.3 is 6.09 Å². The van der Waals surface area contributed by atoms with Crippen molar-refractivity contribution in [2.75, 3.05) is 0 Å². The Bertz CT molecular complexity index is 504. The highest BCUT2D eigenvalue weighted by Crippen LogP contribution is 2.07. The van der Waals surface area contributed by atoms with E-state index in [1.807, 2.05) is 6.92 Å². The number of primary amides is 1. The van der Waals surface area contributed by atoms with E-state index in [-0.39, 0.29) is 6.54 Å². The van der Waals surface area contributed by atoms with Gasteiger partial charge in [0, 0.05) is 0 Å². The van der Waals surface area contributed by atoms with E-state index in [4.69, 9.17) is 10.5 Å². The zero-order valence-corrected chi connectivity index (χ0v) is 12.4. The van der Waals surface area contributed by atoms with Crippen LogP contribution in [0.5, 0.6) is 0 Å². The van der Waals surface area contributed by atoms with E-state index >= 15 is 0 Å². The molecule has 0 saturated heterocycles. The van der Waals surface area contributed by atoms with Crippen molar-refractivity contribution in [1.29, 1.82) is 0 Å². The van der Waals surface area contributed by atoms with E-state index in [0.717, 1.165) is 11.4 Å². The van der Waals surface area contributed by atoms with Gasteiger partial charge in [-0.1, -0.05) is 5.21 Å². The summed E-state index contributed by atoms with van der Waals surface area (Å²) in [6.07, 6.45) is -0.698. The molecule has 3 N–H and O–H groups in total. The van der Waals surface area contributed by atoms with Crippen LogP contribution in [-0.2, 0) is 16.1 Å². The molecule has 112 valence electrons. The zero-order chi connectivity index (χ0) is 15.5. The Labute approximate surface area is 117 Å². The number of ether oxygens (including phenoxy) is 1. The number of nitrogens with two attached hydrogens (primary N) is 1. The minimum atomic E-state index is -0.912. The monoisotopic (exact) mass is 283 g/mol. The largest absolute Gasteiger partial charge is 0.444 e. The smallest absolute Gasteiger partial charge is 0.408 e. The Morgan fingerprint density at radius 3 is 2.40 bits per heavy atom. The molecule has 0 fully saturated rings. The maximum Gasteiger partial charge on any atom is 0.408 e. The van der Waals surface area contributed by atoms with E-state index in [2.05, 4.69) is 15.6 Å². The molecule has 0 aromatic carbocycles. The van der Waals surface area contributed by atoms with E-state index in [0.29, 0.717) is 0 Å². The van der Waals surface area contributed by atoms with Gasteiger partial charge in [-0.15, -0.1) is 5.10 Å². The number of aryl methyl sites for hydroxylation is 1. The summed E-state index contributed by atoms with van der Waals surface area (Å²) in [7, 11) is 0. The summed E-state index contributed by atoms with van der Waals surface area (Å²) in [6, 6.07) is -0.912. The fourth-order valence-corrected chi connectivity index (χ4v) is 1.45. The molecule has 2 amide bonds. The minimum Gasteiger partial charge on any atom is -0.444 e. The lowest BCUT2D eigenvalue weighted by molar-refractivity contribution is -0.120. The third-order valence-electron chi connectivity index (χ3n) is 2.60. The molecule has 1 aromatic rings. The number of alkyl carbamates (subject to hydrolysis) is 1. The Morgan fingerprint density at radius 1 is 1.40 bits per heavy atom. The molecule has 0 aliphatic rings. The van der Waals surface area contributed by atoms with Crippen LogP contribution in [0.15, 0.2) is 0 Å². The summed E-state index contributed by atoms with van der Waals surface area (Å²) in [5.74, 6) is -0.664. The molecule has 8 nitrogen and oxygen atoms in total. The molecule has 8 heteroatoms. The van der Waals surface area contributed by atoms with Crippen molar-refractivity contribution in [1.82, 2.24) is 20.3 Å². The molecule has 1 aromatic heterocycles. The first-order valence-corrected chi connectivity index (χ1v) is 6.25. The van der Waals surface area contributed by atoms with Gasteiger partial charge in [0.15, 0.2) is 0 Å². The van der Waals surface area contributed by atoms with Crippen molar-refractivity contribution >= 4 is 12.0 Å². The van der Waals surface area contributed by atoms with Crippen molar-refractivity contribution in [3.63, 3.8) is 0 Å². The first-order valence-electron chi connectivity index (χ1n) is 6.25. The predicted octanol–water partition coefficient (Wildman–Crippen LogP) is 0.274. The molecule has 0 aliphatic carbocycles. The third-order valence-corrected chi connectivity index (χ3v) is 2.60. The Hall–Kier alpha value is -2.12. The highest BCUT2D eigenvalue weighted by atomic mass is 16.6. The number of amides is 2. The number of hydrogen-bond donors (Lipinski definition) is 2. The summed E-state index contributed by atoms with van der Waals surface area (Å²) in [6.45, 7) is 8.94. The predicted molar refractivity (Wildman–Crippen MR) is 71.8 cm³/mol. The summed E-state index contributed by atoms with van der Waals surface area (Å²) in [5, 5.41) is 10.2. The Kier molecular flexibility index (Phi) is 4.69. The van der Waals surface area contributed by atoms with Crippen LogP contribution in [0.25, 0.3) is 0 Å². The highest BCUT2D eigenvalue weighted by molar-refractivity contribution is 5.84. The average molecular weight is 283 g/mol. The average Bonchev–Trinajstić information content (AvgIpc) is 2.57. The lowest BCUT2D eigenvalue weighted by atomic mass is 10.2. The molecular weight excluding hydrogens is 262 g/mol. The molecule has 0 unspecified atom stereocenters. The van der Waals surface area contributed by atoms with Crippen molar-refractivity contribution in [3.05, 3.63) is 11.4 Å². The second-order valence-corrected chi connectivity index (χ2v) is 5.54.